The van der Waals surface area contributed by atoms with Gasteiger partial charge in [-0.15, -0.1) is 0 Å². The number of hydrogen-bond donors (Lipinski definition) is 1. The highest BCUT2D eigenvalue weighted by Gasteiger charge is 2.32. The van der Waals surface area contributed by atoms with Crippen molar-refractivity contribution >= 4 is 38.5 Å². The zero-order valence-electron chi connectivity index (χ0n) is 21.9. The molecule has 5 rings (SSSR count). The zero-order chi connectivity index (χ0) is 27.0. The number of benzene rings is 4. The summed E-state index contributed by atoms with van der Waals surface area (Å²) in [6.07, 6.45) is 4.62. The Balaban J connectivity index is 1.44. The van der Waals surface area contributed by atoms with Crippen molar-refractivity contribution in [1.29, 1.82) is 0 Å². The number of ether oxygens (including phenoxy) is 1. The van der Waals surface area contributed by atoms with Crippen LogP contribution in [0.25, 0.3) is 10.8 Å². The lowest BCUT2D eigenvalue weighted by molar-refractivity contribution is -0.143. The van der Waals surface area contributed by atoms with Gasteiger partial charge in [-0.3, -0.25) is 9.59 Å². The topological polar surface area (TPSA) is 58.6 Å². The monoisotopic (exact) mass is 584 g/mol. The lowest BCUT2D eigenvalue weighted by Crippen LogP contribution is -2.53. The van der Waals surface area contributed by atoms with Gasteiger partial charge in [0.25, 0.3) is 5.91 Å². The Morgan fingerprint density at radius 1 is 0.872 bits per heavy atom. The van der Waals surface area contributed by atoms with Gasteiger partial charge in [-0.25, -0.2) is 0 Å². The van der Waals surface area contributed by atoms with Crippen molar-refractivity contribution in [2.45, 2.75) is 50.7 Å². The molecule has 1 aliphatic carbocycles. The van der Waals surface area contributed by atoms with Crippen molar-refractivity contribution < 1.29 is 14.3 Å². The molecule has 1 atom stereocenters. The van der Waals surface area contributed by atoms with E-state index in [4.69, 9.17) is 4.74 Å². The Morgan fingerprint density at radius 2 is 1.56 bits per heavy atom. The van der Waals surface area contributed by atoms with Crippen LogP contribution in [0.15, 0.2) is 102 Å². The fourth-order valence-corrected chi connectivity index (χ4v) is 5.74. The maximum absolute atomic E-state index is 13.9. The van der Waals surface area contributed by atoms with Crippen LogP contribution in [-0.4, -0.2) is 35.4 Å². The molecule has 1 fully saturated rings. The predicted molar refractivity (Wildman–Crippen MR) is 158 cm³/mol. The van der Waals surface area contributed by atoms with Crippen LogP contribution in [0.2, 0.25) is 0 Å². The summed E-state index contributed by atoms with van der Waals surface area (Å²) in [5.74, 6) is 0.309. The largest absolute Gasteiger partial charge is 0.483 e. The summed E-state index contributed by atoms with van der Waals surface area (Å²) in [6.45, 7) is 0.136. The molecule has 1 N–H and O–H groups in total. The molecule has 0 radical (unpaired) electrons. The number of amides is 2. The molecule has 0 aliphatic heterocycles. The van der Waals surface area contributed by atoms with Gasteiger partial charge in [0.15, 0.2) is 6.61 Å². The van der Waals surface area contributed by atoms with Gasteiger partial charge >= 0.3 is 0 Å². The Hall–Kier alpha value is -3.64. The normalized spacial score (nSPS) is 14.2. The van der Waals surface area contributed by atoms with Crippen molar-refractivity contribution in [1.82, 2.24) is 10.2 Å². The molecule has 39 heavy (non-hydrogen) atoms. The average Bonchev–Trinajstić information content (AvgIpc) is 3.47. The minimum Gasteiger partial charge on any atom is -0.483 e. The van der Waals surface area contributed by atoms with E-state index in [1.54, 1.807) is 4.90 Å². The first-order valence-corrected chi connectivity index (χ1v) is 14.3. The fourth-order valence-electron chi connectivity index (χ4n) is 5.30. The van der Waals surface area contributed by atoms with E-state index in [2.05, 4.69) is 21.2 Å². The third-order valence-corrected chi connectivity index (χ3v) is 7.81. The van der Waals surface area contributed by atoms with Gasteiger partial charge in [-0.1, -0.05) is 108 Å². The van der Waals surface area contributed by atoms with Crippen LogP contribution < -0.4 is 10.1 Å². The summed E-state index contributed by atoms with van der Waals surface area (Å²) in [4.78, 5) is 29.4. The second-order valence-electron chi connectivity index (χ2n) is 10.1. The van der Waals surface area contributed by atoms with Crippen molar-refractivity contribution in [2.75, 3.05) is 6.61 Å². The highest BCUT2D eigenvalue weighted by atomic mass is 79.9. The van der Waals surface area contributed by atoms with Gasteiger partial charge in [-0.05, 0) is 47.6 Å². The quantitative estimate of drug-likeness (QED) is 0.226. The van der Waals surface area contributed by atoms with Crippen LogP contribution in [0, 0.1) is 0 Å². The zero-order valence-corrected chi connectivity index (χ0v) is 23.5. The number of nitrogens with one attached hydrogen (secondary N) is 1. The fraction of sp³-hybridized carbons (Fsp3) is 0.273. The van der Waals surface area contributed by atoms with Crippen LogP contribution in [0.4, 0.5) is 0 Å². The molecule has 0 saturated heterocycles. The van der Waals surface area contributed by atoms with E-state index in [1.807, 2.05) is 97.1 Å². The van der Waals surface area contributed by atoms with Gasteiger partial charge < -0.3 is 15.0 Å². The van der Waals surface area contributed by atoms with E-state index in [-0.39, 0.29) is 24.5 Å². The molecule has 200 valence electrons. The first-order valence-electron chi connectivity index (χ1n) is 13.6. The molecule has 0 bridgehead atoms. The van der Waals surface area contributed by atoms with Gasteiger partial charge in [0.1, 0.15) is 11.8 Å². The molecule has 0 spiro atoms. The van der Waals surface area contributed by atoms with Gasteiger partial charge in [-0.2, -0.15) is 0 Å². The van der Waals surface area contributed by atoms with Crippen molar-refractivity contribution in [3.8, 4) is 5.75 Å². The van der Waals surface area contributed by atoms with Crippen molar-refractivity contribution in [2.24, 2.45) is 0 Å². The molecule has 0 heterocycles. The molecule has 0 aromatic heterocycles. The number of nitrogens with zero attached hydrogens (tertiary/aromatic N) is 1. The molecule has 0 unspecified atom stereocenters. The number of halogens is 1. The third kappa shape index (κ3) is 7.07. The SMILES string of the molecule is O=C(NC1CCCC1)[C@@H](Cc1ccccc1)N(Cc1cccc(Br)c1)C(=O)COc1cccc2ccccc12. The van der Waals surface area contributed by atoms with E-state index in [0.29, 0.717) is 18.7 Å². The lowest BCUT2D eigenvalue weighted by atomic mass is 10.0. The van der Waals surface area contributed by atoms with E-state index in [1.165, 1.54) is 0 Å². The molecule has 4 aromatic rings. The standard InChI is InChI=1S/C33H33BrN2O3/c34-27-15-8-12-25(20-27)22-36(32(37)23-39-31-19-9-14-26-13-4-7-18-29(26)31)30(21-24-10-2-1-3-11-24)33(38)35-28-16-5-6-17-28/h1-4,7-15,18-20,28,30H,5-6,16-17,21-23H2,(H,35,38)/t30-/m1/s1. The first-order chi connectivity index (χ1) is 19.1. The molecule has 1 aliphatic rings. The summed E-state index contributed by atoms with van der Waals surface area (Å²) < 4.78 is 7.03. The maximum Gasteiger partial charge on any atom is 0.261 e. The number of hydrogen-bond acceptors (Lipinski definition) is 3. The first kappa shape index (κ1) is 26.9. The summed E-state index contributed by atoms with van der Waals surface area (Å²) in [6, 6.07) is 31.0. The minimum atomic E-state index is -0.671. The third-order valence-electron chi connectivity index (χ3n) is 7.32. The molecule has 2 amide bonds. The average molecular weight is 586 g/mol. The van der Waals surface area contributed by atoms with Crippen molar-refractivity contribution in [3.63, 3.8) is 0 Å². The summed E-state index contributed by atoms with van der Waals surface area (Å²) >= 11 is 3.54. The molecule has 6 heteroatoms. The van der Waals surface area contributed by atoms with Gasteiger partial charge in [0.05, 0.1) is 0 Å². The van der Waals surface area contributed by atoms with Crippen LogP contribution in [-0.2, 0) is 22.6 Å². The Morgan fingerprint density at radius 3 is 2.36 bits per heavy atom. The lowest BCUT2D eigenvalue weighted by Gasteiger charge is -2.32. The highest BCUT2D eigenvalue weighted by molar-refractivity contribution is 9.10. The Bertz CT molecular complexity index is 1410. The van der Waals surface area contributed by atoms with Crippen molar-refractivity contribution in [3.05, 3.63) is 113 Å². The second-order valence-corrected chi connectivity index (χ2v) is 11.0. The van der Waals surface area contributed by atoms with Gasteiger partial charge in [0, 0.05) is 28.9 Å². The van der Waals surface area contributed by atoms with E-state index in [9.17, 15) is 9.59 Å². The number of rotatable bonds is 10. The molecule has 1 saturated carbocycles. The molecular formula is C33H33BrN2O3. The Labute approximate surface area is 238 Å². The predicted octanol–water partition coefficient (Wildman–Crippen LogP) is 6.68. The van der Waals surface area contributed by atoms with Crippen LogP contribution >= 0.6 is 15.9 Å². The van der Waals surface area contributed by atoms with Gasteiger partial charge in [0.2, 0.25) is 5.91 Å². The smallest absolute Gasteiger partial charge is 0.261 e. The van der Waals surface area contributed by atoms with Crippen LogP contribution in [0.3, 0.4) is 0 Å². The minimum absolute atomic E-state index is 0.112. The van der Waals surface area contributed by atoms with Crippen LogP contribution in [0.1, 0.15) is 36.8 Å². The number of carbonyl (C=O) groups excluding carboxylic acids is 2. The van der Waals surface area contributed by atoms with E-state index in [0.717, 1.165) is 52.1 Å². The molecule has 5 nitrogen and oxygen atoms in total. The number of fused-ring (bicyclic) bond motifs is 1. The highest BCUT2D eigenvalue weighted by Crippen LogP contribution is 2.26. The maximum atomic E-state index is 13.9. The number of carbonyl (C=O) groups is 2. The summed E-state index contributed by atoms with van der Waals surface area (Å²) in [7, 11) is 0. The summed E-state index contributed by atoms with van der Waals surface area (Å²) in [5, 5.41) is 5.24. The van der Waals surface area contributed by atoms with E-state index >= 15 is 0 Å². The Kier molecular flexibility index (Phi) is 8.94. The summed E-state index contributed by atoms with van der Waals surface area (Å²) in [5.41, 5.74) is 1.95. The molecular weight excluding hydrogens is 552 g/mol. The van der Waals surface area contributed by atoms with E-state index < -0.39 is 6.04 Å². The second kappa shape index (κ2) is 12.9. The molecule has 4 aromatic carbocycles. The van der Waals surface area contributed by atoms with Crippen LogP contribution in [0.5, 0.6) is 5.75 Å².